The fraction of sp³-hybridized carbons (Fsp3) is 0.250. The maximum Gasteiger partial charge on any atom is 0.158 e. The molecule has 0 saturated heterocycles. The lowest BCUT2D eigenvalue weighted by Crippen LogP contribution is -2.23. The number of hydrogen-bond donors (Lipinski definition) is 3. The summed E-state index contributed by atoms with van der Waals surface area (Å²) in [5, 5.41) is 22.1. The molecule has 0 fully saturated rings. The minimum absolute atomic E-state index is 0.0870. The van der Waals surface area contributed by atoms with E-state index in [1.165, 1.54) is 16.5 Å². The molecule has 0 aliphatic carbocycles. The monoisotopic (exact) mass is 289 g/mol. The lowest BCUT2D eigenvalue weighted by molar-refractivity contribution is 0.402. The van der Waals surface area contributed by atoms with Crippen LogP contribution < -0.4 is 5.32 Å². The number of aromatic hydroxyl groups is 2. The third-order valence-corrected chi connectivity index (χ3v) is 4.27. The van der Waals surface area contributed by atoms with E-state index in [0.29, 0.717) is 6.04 Å². The van der Waals surface area contributed by atoms with Gasteiger partial charge in [0.1, 0.15) is 0 Å². The van der Waals surface area contributed by atoms with Crippen LogP contribution in [0.2, 0.25) is 0 Å². The minimum atomic E-state index is -0.0913. The first-order valence-corrected chi connectivity index (χ1v) is 7.37. The predicted molar refractivity (Wildman–Crippen MR) is 82.6 cm³/mol. The largest absolute Gasteiger partial charge is 0.504 e. The number of rotatable bonds is 5. The van der Waals surface area contributed by atoms with E-state index in [-0.39, 0.29) is 11.5 Å². The summed E-state index contributed by atoms with van der Waals surface area (Å²) in [6.07, 6.45) is 0.948. The van der Waals surface area contributed by atoms with Crippen LogP contribution in [0.4, 0.5) is 0 Å². The molecule has 2 aromatic rings. The number of benzene rings is 2. The Balaban J connectivity index is 2.22. The molecule has 0 amide bonds. The van der Waals surface area contributed by atoms with Crippen molar-refractivity contribution in [2.24, 2.45) is 0 Å². The highest BCUT2D eigenvalue weighted by Crippen LogP contribution is 2.35. The van der Waals surface area contributed by atoms with Gasteiger partial charge in [0.05, 0.1) is 0 Å². The Morgan fingerprint density at radius 2 is 1.85 bits per heavy atom. The van der Waals surface area contributed by atoms with Crippen LogP contribution in [-0.4, -0.2) is 23.3 Å². The van der Waals surface area contributed by atoms with Crippen molar-refractivity contribution in [2.75, 3.05) is 7.05 Å². The van der Waals surface area contributed by atoms with E-state index in [0.717, 1.165) is 11.3 Å². The second-order valence-corrected chi connectivity index (χ2v) is 5.87. The summed E-state index contributed by atoms with van der Waals surface area (Å²) in [4.78, 5) is 2.07. The first-order valence-electron chi connectivity index (χ1n) is 6.55. The number of phenolic OH excluding ortho intramolecular Hbond substituents is 2. The smallest absolute Gasteiger partial charge is 0.158 e. The average molecular weight is 289 g/mol. The number of phenols is 2. The van der Waals surface area contributed by atoms with Gasteiger partial charge in [-0.2, -0.15) is 0 Å². The van der Waals surface area contributed by atoms with Gasteiger partial charge in [-0.1, -0.05) is 30.0 Å². The Hall–Kier alpha value is -1.65. The van der Waals surface area contributed by atoms with E-state index in [4.69, 9.17) is 0 Å². The summed E-state index contributed by atoms with van der Waals surface area (Å²) in [6, 6.07) is 13.5. The molecule has 4 heteroatoms. The van der Waals surface area contributed by atoms with Crippen LogP contribution in [0.15, 0.2) is 52.3 Å². The number of nitrogens with one attached hydrogen (secondary N) is 1. The van der Waals surface area contributed by atoms with Crippen LogP contribution in [0.25, 0.3) is 0 Å². The SMILES string of the molecule is CN[C@H](C)Cc1ccccc1Sc1ccc(O)c(O)c1. The highest BCUT2D eigenvalue weighted by atomic mass is 32.2. The third kappa shape index (κ3) is 3.68. The molecular weight excluding hydrogens is 270 g/mol. The van der Waals surface area contributed by atoms with Crippen LogP contribution in [0.5, 0.6) is 11.5 Å². The molecule has 0 spiro atoms. The van der Waals surface area contributed by atoms with Gasteiger partial charge in [-0.3, -0.25) is 0 Å². The molecule has 2 aromatic carbocycles. The van der Waals surface area contributed by atoms with Crippen molar-refractivity contribution in [3.05, 3.63) is 48.0 Å². The molecule has 3 N–H and O–H groups in total. The van der Waals surface area contributed by atoms with Gasteiger partial charge in [0, 0.05) is 15.8 Å². The van der Waals surface area contributed by atoms with Gasteiger partial charge in [-0.15, -0.1) is 0 Å². The summed E-state index contributed by atoms with van der Waals surface area (Å²) >= 11 is 1.59. The van der Waals surface area contributed by atoms with Crippen LogP contribution in [0.3, 0.4) is 0 Å². The fourth-order valence-electron chi connectivity index (χ4n) is 1.90. The molecule has 0 aliphatic rings. The van der Waals surface area contributed by atoms with Gasteiger partial charge < -0.3 is 15.5 Å². The molecular formula is C16H19NO2S. The molecule has 0 bridgehead atoms. The Labute approximate surface area is 123 Å². The van der Waals surface area contributed by atoms with Gasteiger partial charge in [-0.05, 0) is 50.2 Å². The fourth-order valence-corrected chi connectivity index (χ4v) is 2.89. The van der Waals surface area contributed by atoms with E-state index < -0.39 is 0 Å². The lowest BCUT2D eigenvalue weighted by Gasteiger charge is -2.14. The van der Waals surface area contributed by atoms with Crippen molar-refractivity contribution in [1.29, 1.82) is 0 Å². The van der Waals surface area contributed by atoms with Gasteiger partial charge in [0.15, 0.2) is 11.5 Å². The van der Waals surface area contributed by atoms with Gasteiger partial charge in [0.25, 0.3) is 0 Å². The topological polar surface area (TPSA) is 52.5 Å². The maximum absolute atomic E-state index is 9.56. The van der Waals surface area contributed by atoms with E-state index in [2.05, 4.69) is 24.4 Å². The molecule has 0 saturated carbocycles. The number of hydrogen-bond acceptors (Lipinski definition) is 4. The Kier molecular flexibility index (Phi) is 4.93. The molecule has 0 aliphatic heterocycles. The molecule has 0 aromatic heterocycles. The van der Waals surface area contributed by atoms with Gasteiger partial charge in [-0.25, -0.2) is 0 Å². The standard InChI is InChI=1S/C16H19NO2S/c1-11(17-2)9-12-5-3-4-6-16(12)20-13-7-8-14(18)15(19)10-13/h3-8,10-11,17-19H,9H2,1-2H3/t11-/m1/s1. The van der Waals surface area contributed by atoms with E-state index in [9.17, 15) is 10.2 Å². The quantitative estimate of drug-likeness (QED) is 0.738. The first-order chi connectivity index (χ1) is 9.60. The normalized spacial score (nSPS) is 12.3. The zero-order valence-corrected chi connectivity index (χ0v) is 12.4. The molecule has 0 unspecified atom stereocenters. The Morgan fingerprint density at radius 3 is 2.55 bits per heavy atom. The van der Waals surface area contributed by atoms with Crippen LogP contribution in [-0.2, 0) is 6.42 Å². The minimum Gasteiger partial charge on any atom is -0.504 e. The average Bonchev–Trinajstić information content (AvgIpc) is 2.45. The van der Waals surface area contributed by atoms with Crippen LogP contribution in [0.1, 0.15) is 12.5 Å². The summed E-state index contributed by atoms with van der Waals surface area (Å²) < 4.78 is 0. The molecule has 1 atom stereocenters. The zero-order valence-electron chi connectivity index (χ0n) is 11.6. The second-order valence-electron chi connectivity index (χ2n) is 4.75. The molecule has 0 radical (unpaired) electrons. The van der Waals surface area contributed by atoms with Gasteiger partial charge >= 0.3 is 0 Å². The van der Waals surface area contributed by atoms with E-state index in [1.807, 2.05) is 19.2 Å². The van der Waals surface area contributed by atoms with Gasteiger partial charge in [0.2, 0.25) is 0 Å². The van der Waals surface area contributed by atoms with Crippen LogP contribution in [0, 0.1) is 0 Å². The first kappa shape index (κ1) is 14.8. The Morgan fingerprint density at radius 1 is 1.10 bits per heavy atom. The second kappa shape index (κ2) is 6.68. The summed E-state index contributed by atoms with van der Waals surface area (Å²) in [7, 11) is 1.96. The van der Waals surface area contributed by atoms with Crippen molar-refractivity contribution < 1.29 is 10.2 Å². The van der Waals surface area contributed by atoms with Crippen molar-refractivity contribution in [1.82, 2.24) is 5.32 Å². The van der Waals surface area contributed by atoms with E-state index in [1.54, 1.807) is 23.9 Å². The summed E-state index contributed by atoms with van der Waals surface area (Å²) in [6.45, 7) is 2.15. The highest BCUT2D eigenvalue weighted by molar-refractivity contribution is 7.99. The van der Waals surface area contributed by atoms with Crippen molar-refractivity contribution in [2.45, 2.75) is 29.2 Å². The Bertz CT molecular complexity index is 586. The maximum atomic E-state index is 9.56. The molecule has 106 valence electrons. The summed E-state index contributed by atoms with van der Waals surface area (Å²) in [5.74, 6) is -0.178. The molecule has 20 heavy (non-hydrogen) atoms. The van der Waals surface area contributed by atoms with Crippen molar-refractivity contribution in [3.8, 4) is 11.5 Å². The molecule has 3 nitrogen and oxygen atoms in total. The lowest BCUT2D eigenvalue weighted by atomic mass is 10.1. The summed E-state index contributed by atoms with van der Waals surface area (Å²) in [5.41, 5.74) is 1.27. The zero-order chi connectivity index (χ0) is 14.5. The third-order valence-electron chi connectivity index (χ3n) is 3.17. The number of likely N-dealkylation sites (N-methyl/N-ethyl adjacent to an activating group) is 1. The molecule has 0 heterocycles. The molecule has 2 rings (SSSR count). The van der Waals surface area contributed by atoms with Crippen molar-refractivity contribution in [3.63, 3.8) is 0 Å². The van der Waals surface area contributed by atoms with Crippen molar-refractivity contribution >= 4 is 11.8 Å². The van der Waals surface area contributed by atoms with Crippen LogP contribution >= 0.6 is 11.8 Å². The highest BCUT2D eigenvalue weighted by Gasteiger charge is 2.08. The predicted octanol–water partition coefficient (Wildman–Crippen LogP) is 3.40. The van der Waals surface area contributed by atoms with E-state index >= 15 is 0 Å².